The first kappa shape index (κ1) is 22.0. The number of fused-ring (bicyclic) bond motifs is 1. The summed E-state index contributed by atoms with van der Waals surface area (Å²) in [4.78, 5) is 16.3. The second-order valence-electron chi connectivity index (χ2n) is 8.02. The van der Waals surface area contributed by atoms with Gasteiger partial charge in [-0.05, 0) is 66.6 Å². The van der Waals surface area contributed by atoms with Crippen molar-refractivity contribution in [1.82, 2.24) is 4.98 Å². The Bertz CT molecular complexity index is 1160. The van der Waals surface area contributed by atoms with Crippen molar-refractivity contribution >= 4 is 22.7 Å². The first-order chi connectivity index (χ1) is 15.4. The molecular weight excluding hydrogens is 415 g/mol. The van der Waals surface area contributed by atoms with Crippen LogP contribution in [0, 0.1) is 12.7 Å². The minimum absolute atomic E-state index is 0.0189. The number of carbonyl (C=O) groups is 1. The number of hydrogen-bond acceptors (Lipinski definition) is 6. The molecule has 1 aromatic heterocycles. The van der Waals surface area contributed by atoms with Crippen LogP contribution in [-0.4, -0.2) is 52.1 Å². The van der Waals surface area contributed by atoms with Crippen molar-refractivity contribution in [3.63, 3.8) is 0 Å². The number of benzene rings is 2. The van der Waals surface area contributed by atoms with E-state index in [2.05, 4.69) is 10.3 Å². The van der Waals surface area contributed by atoms with Crippen LogP contribution in [0.2, 0.25) is 0 Å². The van der Waals surface area contributed by atoms with Crippen LogP contribution in [0.3, 0.4) is 0 Å². The van der Waals surface area contributed by atoms with E-state index >= 15 is 0 Å². The quantitative estimate of drug-likeness (QED) is 0.461. The number of carboxylic acids is 1. The first-order valence-corrected chi connectivity index (χ1v) is 10.5. The molecule has 0 aliphatic carbocycles. The summed E-state index contributed by atoms with van der Waals surface area (Å²) in [6, 6.07) is 8.44. The van der Waals surface area contributed by atoms with Gasteiger partial charge in [0.2, 0.25) is 0 Å². The van der Waals surface area contributed by atoms with Gasteiger partial charge in [-0.15, -0.1) is 0 Å². The lowest BCUT2D eigenvalue weighted by Crippen LogP contribution is -2.34. The molecule has 0 radical (unpaired) electrons. The number of nitrogens with one attached hydrogen (secondary N) is 1. The van der Waals surface area contributed by atoms with Crippen LogP contribution in [0.4, 0.5) is 10.2 Å². The number of aryl methyl sites for hydroxylation is 1. The standard InChI is InChI=1S/C24H25FN2O5/c1-13-10-15(2-5-18(13)25)21-17-4-3-16(29)11-19(17)26-23(27-20(12-28)24(30)31)22(21)14-6-8-32-9-7-14/h2-5,10-11,14,20,28-29H,6-9,12H2,1H3,(H,26,27)(H,30,31). The molecule has 0 saturated carbocycles. The second-order valence-corrected chi connectivity index (χ2v) is 8.02. The third-order valence-electron chi connectivity index (χ3n) is 5.88. The smallest absolute Gasteiger partial charge is 0.328 e. The summed E-state index contributed by atoms with van der Waals surface area (Å²) in [7, 11) is 0. The maximum Gasteiger partial charge on any atom is 0.328 e. The number of rotatable bonds is 6. The number of aliphatic carboxylic acids is 1. The van der Waals surface area contributed by atoms with Gasteiger partial charge in [-0.25, -0.2) is 14.2 Å². The predicted molar refractivity (Wildman–Crippen MR) is 118 cm³/mol. The van der Waals surface area contributed by atoms with Crippen LogP contribution in [0.15, 0.2) is 36.4 Å². The van der Waals surface area contributed by atoms with E-state index in [1.165, 1.54) is 12.1 Å². The molecule has 1 aliphatic rings. The number of carboxylic acid groups (broad SMARTS) is 1. The van der Waals surface area contributed by atoms with Crippen molar-refractivity contribution < 1.29 is 29.2 Å². The third kappa shape index (κ3) is 4.24. The number of phenolic OH excluding ortho intramolecular Hbond substituents is 1. The summed E-state index contributed by atoms with van der Waals surface area (Å²) in [5, 5.41) is 32.8. The zero-order chi connectivity index (χ0) is 22.8. The van der Waals surface area contributed by atoms with Crippen molar-refractivity contribution in [2.24, 2.45) is 0 Å². The fourth-order valence-corrected chi connectivity index (χ4v) is 4.22. The van der Waals surface area contributed by atoms with E-state index in [9.17, 15) is 24.5 Å². The molecule has 1 saturated heterocycles. The van der Waals surface area contributed by atoms with Gasteiger partial charge < -0.3 is 25.4 Å². The molecule has 8 heteroatoms. The average Bonchev–Trinajstić information content (AvgIpc) is 2.78. The number of aromatic nitrogens is 1. The Morgan fingerprint density at radius 2 is 2.00 bits per heavy atom. The molecule has 168 valence electrons. The molecular formula is C24H25FN2O5. The number of pyridine rings is 1. The molecule has 7 nitrogen and oxygen atoms in total. The summed E-state index contributed by atoms with van der Waals surface area (Å²) in [5.74, 6) is -1.16. The Labute approximate surface area is 184 Å². The van der Waals surface area contributed by atoms with E-state index < -0.39 is 18.6 Å². The minimum atomic E-state index is -1.25. The number of anilines is 1. The molecule has 2 aromatic carbocycles. The van der Waals surface area contributed by atoms with Gasteiger partial charge in [0.15, 0.2) is 0 Å². The zero-order valence-corrected chi connectivity index (χ0v) is 17.6. The van der Waals surface area contributed by atoms with Gasteiger partial charge in [-0.2, -0.15) is 0 Å². The lowest BCUT2D eigenvalue weighted by Gasteiger charge is -2.29. The maximum atomic E-state index is 14.1. The molecule has 4 rings (SSSR count). The van der Waals surface area contributed by atoms with Crippen LogP contribution in [-0.2, 0) is 9.53 Å². The monoisotopic (exact) mass is 440 g/mol. The third-order valence-corrected chi connectivity index (χ3v) is 5.88. The van der Waals surface area contributed by atoms with Crippen LogP contribution in [0.5, 0.6) is 5.75 Å². The fraction of sp³-hybridized carbons (Fsp3) is 0.333. The van der Waals surface area contributed by atoms with Crippen molar-refractivity contribution in [3.8, 4) is 16.9 Å². The van der Waals surface area contributed by atoms with Gasteiger partial charge in [-0.3, -0.25) is 0 Å². The van der Waals surface area contributed by atoms with Crippen molar-refractivity contribution in [2.75, 3.05) is 25.1 Å². The van der Waals surface area contributed by atoms with Crippen LogP contribution < -0.4 is 5.32 Å². The van der Waals surface area contributed by atoms with E-state index in [0.29, 0.717) is 43.0 Å². The number of ether oxygens (including phenoxy) is 1. The Morgan fingerprint density at radius 3 is 2.66 bits per heavy atom. The average molecular weight is 440 g/mol. The van der Waals surface area contributed by atoms with E-state index in [-0.39, 0.29) is 17.5 Å². The number of aliphatic hydroxyl groups is 1. The minimum Gasteiger partial charge on any atom is -0.508 e. The van der Waals surface area contributed by atoms with Gasteiger partial charge in [0.25, 0.3) is 0 Å². The van der Waals surface area contributed by atoms with Gasteiger partial charge in [0, 0.05) is 30.2 Å². The van der Waals surface area contributed by atoms with Crippen LogP contribution in [0.1, 0.15) is 29.9 Å². The van der Waals surface area contributed by atoms with Crippen molar-refractivity contribution in [1.29, 1.82) is 0 Å². The number of phenols is 1. The lowest BCUT2D eigenvalue weighted by molar-refractivity contribution is -0.138. The molecule has 0 bridgehead atoms. The normalized spacial score (nSPS) is 15.6. The summed E-state index contributed by atoms with van der Waals surface area (Å²) < 4.78 is 19.6. The van der Waals surface area contributed by atoms with Crippen LogP contribution >= 0.6 is 0 Å². The molecule has 1 unspecified atom stereocenters. The second kappa shape index (κ2) is 9.10. The number of halogens is 1. The highest BCUT2D eigenvalue weighted by Gasteiger charge is 2.28. The predicted octanol–water partition coefficient (Wildman–Crippen LogP) is 3.81. The molecule has 2 heterocycles. The lowest BCUT2D eigenvalue weighted by atomic mass is 9.84. The zero-order valence-electron chi connectivity index (χ0n) is 17.6. The highest BCUT2D eigenvalue weighted by atomic mass is 19.1. The Kier molecular flexibility index (Phi) is 6.25. The van der Waals surface area contributed by atoms with Crippen LogP contribution in [0.25, 0.3) is 22.0 Å². The molecule has 1 atom stereocenters. The SMILES string of the molecule is Cc1cc(-c2c(C3CCOCC3)c(NC(CO)C(=O)O)nc3cc(O)ccc23)ccc1F. The summed E-state index contributed by atoms with van der Waals surface area (Å²) in [5.41, 5.74) is 3.31. The Hall–Kier alpha value is -3.23. The summed E-state index contributed by atoms with van der Waals surface area (Å²) >= 11 is 0. The maximum absolute atomic E-state index is 14.1. The Balaban J connectivity index is 2.04. The van der Waals surface area contributed by atoms with Gasteiger partial charge in [0.05, 0.1) is 12.1 Å². The number of nitrogens with zero attached hydrogens (tertiary/aromatic N) is 1. The fourth-order valence-electron chi connectivity index (χ4n) is 4.22. The first-order valence-electron chi connectivity index (χ1n) is 10.5. The molecule has 1 aliphatic heterocycles. The van der Waals surface area contributed by atoms with Gasteiger partial charge in [-0.1, -0.05) is 6.07 Å². The number of aliphatic hydroxyl groups excluding tert-OH is 1. The molecule has 0 spiro atoms. The van der Waals surface area contributed by atoms with Gasteiger partial charge in [0.1, 0.15) is 23.4 Å². The molecule has 1 fully saturated rings. The molecule has 4 N–H and O–H groups in total. The van der Waals surface area contributed by atoms with E-state index in [4.69, 9.17) is 4.74 Å². The highest BCUT2D eigenvalue weighted by molar-refractivity contribution is 5.99. The highest BCUT2D eigenvalue weighted by Crippen LogP contribution is 2.43. The molecule has 0 amide bonds. The van der Waals surface area contributed by atoms with E-state index in [0.717, 1.165) is 22.1 Å². The molecule has 3 aromatic rings. The largest absolute Gasteiger partial charge is 0.508 e. The summed E-state index contributed by atoms with van der Waals surface area (Å²) in [6.45, 7) is 2.19. The van der Waals surface area contributed by atoms with Crippen molar-refractivity contribution in [2.45, 2.75) is 31.7 Å². The van der Waals surface area contributed by atoms with Gasteiger partial charge >= 0.3 is 5.97 Å². The number of hydrogen-bond donors (Lipinski definition) is 4. The topological polar surface area (TPSA) is 112 Å². The Morgan fingerprint density at radius 1 is 1.25 bits per heavy atom. The molecule has 32 heavy (non-hydrogen) atoms. The van der Waals surface area contributed by atoms with E-state index in [1.807, 2.05) is 0 Å². The summed E-state index contributed by atoms with van der Waals surface area (Å²) in [6.07, 6.45) is 1.42. The number of aromatic hydroxyl groups is 1. The van der Waals surface area contributed by atoms with E-state index in [1.54, 1.807) is 31.2 Å². The van der Waals surface area contributed by atoms with Crippen molar-refractivity contribution in [3.05, 3.63) is 53.3 Å².